The van der Waals surface area contributed by atoms with Crippen molar-refractivity contribution < 1.29 is 4.39 Å². The maximum Gasteiger partial charge on any atom is 0.191 e. The zero-order chi connectivity index (χ0) is 16.4. The van der Waals surface area contributed by atoms with E-state index in [0.717, 1.165) is 11.4 Å². The van der Waals surface area contributed by atoms with E-state index in [4.69, 9.17) is 0 Å². The van der Waals surface area contributed by atoms with E-state index < -0.39 is 0 Å². The van der Waals surface area contributed by atoms with Gasteiger partial charge < -0.3 is 4.90 Å². The summed E-state index contributed by atoms with van der Waals surface area (Å²) in [5.74, 6) is -0.332. The highest BCUT2D eigenvalue weighted by molar-refractivity contribution is 5.67. The Balaban J connectivity index is 2.12. The summed E-state index contributed by atoms with van der Waals surface area (Å²) in [6.45, 7) is 0. The summed E-state index contributed by atoms with van der Waals surface area (Å²) in [5.41, 5.74) is 3.27. The molecule has 0 unspecified atom stereocenters. The number of anilines is 1. The van der Waals surface area contributed by atoms with E-state index in [9.17, 15) is 9.65 Å². The molecular weight excluding hydrogens is 293 g/mol. The Morgan fingerprint density at radius 1 is 1.04 bits per heavy atom. The SMILES string of the molecule is CN(C)c1ccc(-n2nnc(C#N)c2-c2ccc(F)cc2)cc1. The lowest BCUT2D eigenvalue weighted by molar-refractivity contribution is 0.628. The van der Waals surface area contributed by atoms with Gasteiger partial charge in [-0.3, -0.25) is 0 Å². The monoisotopic (exact) mass is 307 g/mol. The van der Waals surface area contributed by atoms with Crippen molar-refractivity contribution in [3.05, 3.63) is 60.0 Å². The zero-order valence-corrected chi connectivity index (χ0v) is 12.7. The van der Waals surface area contributed by atoms with Gasteiger partial charge in [0.25, 0.3) is 0 Å². The smallest absolute Gasteiger partial charge is 0.191 e. The molecule has 3 rings (SSSR count). The van der Waals surface area contributed by atoms with Gasteiger partial charge in [0.15, 0.2) is 5.69 Å². The summed E-state index contributed by atoms with van der Waals surface area (Å²) in [5, 5.41) is 17.2. The van der Waals surface area contributed by atoms with E-state index in [2.05, 4.69) is 10.3 Å². The molecule has 23 heavy (non-hydrogen) atoms. The molecule has 0 radical (unpaired) electrons. The molecule has 0 saturated heterocycles. The van der Waals surface area contributed by atoms with E-state index in [1.165, 1.54) is 12.1 Å². The minimum absolute atomic E-state index is 0.202. The standard InChI is InChI=1S/C17H14FN5/c1-22(2)14-7-9-15(10-8-14)23-17(16(11-19)20-21-23)12-3-5-13(18)6-4-12/h3-10H,1-2H3. The van der Waals surface area contributed by atoms with Gasteiger partial charge in [-0.1, -0.05) is 5.21 Å². The first kappa shape index (κ1) is 14.7. The average Bonchev–Trinajstić information content (AvgIpc) is 2.99. The zero-order valence-electron chi connectivity index (χ0n) is 12.7. The van der Waals surface area contributed by atoms with E-state index in [1.807, 2.05) is 49.3 Å². The molecule has 0 aliphatic carbocycles. The molecule has 0 fully saturated rings. The molecule has 5 nitrogen and oxygen atoms in total. The minimum atomic E-state index is -0.332. The van der Waals surface area contributed by atoms with Crippen molar-refractivity contribution in [2.75, 3.05) is 19.0 Å². The van der Waals surface area contributed by atoms with Crippen LogP contribution < -0.4 is 4.90 Å². The molecule has 3 aromatic rings. The molecule has 2 aromatic carbocycles. The summed E-state index contributed by atoms with van der Waals surface area (Å²) < 4.78 is 14.7. The number of hydrogen-bond acceptors (Lipinski definition) is 4. The molecule has 0 aliphatic heterocycles. The number of nitrogens with zero attached hydrogens (tertiary/aromatic N) is 5. The van der Waals surface area contributed by atoms with Gasteiger partial charge in [-0.2, -0.15) is 5.26 Å². The summed E-state index contributed by atoms with van der Waals surface area (Å²) >= 11 is 0. The van der Waals surface area contributed by atoms with Gasteiger partial charge in [0.05, 0.1) is 5.69 Å². The van der Waals surface area contributed by atoms with Gasteiger partial charge in [0.2, 0.25) is 0 Å². The highest BCUT2D eigenvalue weighted by atomic mass is 19.1. The second-order valence-electron chi connectivity index (χ2n) is 5.23. The molecule has 0 amide bonds. The van der Waals surface area contributed by atoms with Crippen molar-refractivity contribution in [1.82, 2.24) is 15.0 Å². The molecule has 1 heterocycles. The van der Waals surface area contributed by atoms with Gasteiger partial charge in [0.1, 0.15) is 17.6 Å². The van der Waals surface area contributed by atoms with Crippen LogP contribution in [0.1, 0.15) is 5.69 Å². The quantitative estimate of drug-likeness (QED) is 0.746. The number of nitriles is 1. The van der Waals surface area contributed by atoms with Crippen molar-refractivity contribution in [2.24, 2.45) is 0 Å². The fourth-order valence-electron chi connectivity index (χ4n) is 2.30. The first-order valence-corrected chi connectivity index (χ1v) is 6.99. The van der Waals surface area contributed by atoms with Gasteiger partial charge in [0, 0.05) is 25.3 Å². The molecular formula is C17H14FN5. The van der Waals surface area contributed by atoms with Crippen molar-refractivity contribution in [1.29, 1.82) is 5.26 Å². The third-order valence-electron chi connectivity index (χ3n) is 3.50. The largest absolute Gasteiger partial charge is 0.378 e. The van der Waals surface area contributed by atoms with Gasteiger partial charge in [-0.25, -0.2) is 9.07 Å². The average molecular weight is 307 g/mol. The molecule has 6 heteroatoms. The Morgan fingerprint density at radius 3 is 2.26 bits per heavy atom. The highest BCUT2D eigenvalue weighted by Gasteiger charge is 2.16. The first-order chi connectivity index (χ1) is 11.1. The van der Waals surface area contributed by atoms with Crippen LogP contribution in [-0.2, 0) is 0 Å². The molecule has 0 spiro atoms. The molecule has 0 atom stereocenters. The Labute approximate surface area is 133 Å². The topological polar surface area (TPSA) is 57.7 Å². The summed E-state index contributed by atoms with van der Waals surface area (Å²) in [4.78, 5) is 1.99. The van der Waals surface area contributed by atoms with Crippen LogP contribution in [0.5, 0.6) is 0 Å². The van der Waals surface area contributed by atoms with E-state index in [-0.39, 0.29) is 11.5 Å². The normalized spacial score (nSPS) is 10.3. The summed E-state index contributed by atoms with van der Waals surface area (Å²) in [6.07, 6.45) is 0. The number of hydrogen-bond donors (Lipinski definition) is 0. The predicted molar refractivity (Wildman–Crippen MR) is 85.8 cm³/mol. The Hall–Kier alpha value is -3.20. The van der Waals surface area contributed by atoms with Crippen molar-refractivity contribution in [3.63, 3.8) is 0 Å². The Kier molecular flexibility index (Phi) is 3.77. The third-order valence-corrected chi connectivity index (χ3v) is 3.50. The van der Waals surface area contributed by atoms with Crippen LogP contribution in [0.15, 0.2) is 48.5 Å². The minimum Gasteiger partial charge on any atom is -0.378 e. The molecule has 0 saturated carbocycles. The van der Waals surface area contributed by atoms with Crippen molar-refractivity contribution >= 4 is 5.69 Å². The second-order valence-corrected chi connectivity index (χ2v) is 5.23. The highest BCUT2D eigenvalue weighted by Crippen LogP contribution is 2.26. The molecule has 0 N–H and O–H groups in total. The summed E-state index contributed by atoms with van der Waals surface area (Å²) in [6, 6.07) is 15.7. The Morgan fingerprint density at radius 2 is 1.70 bits per heavy atom. The number of benzene rings is 2. The Bertz CT molecular complexity index is 857. The van der Waals surface area contributed by atoms with Crippen molar-refractivity contribution in [3.8, 4) is 23.0 Å². The fraction of sp³-hybridized carbons (Fsp3) is 0.118. The van der Waals surface area contributed by atoms with Crippen LogP contribution >= 0.6 is 0 Å². The van der Waals surface area contributed by atoms with E-state index in [0.29, 0.717) is 11.3 Å². The predicted octanol–water partition coefficient (Wildman–Crippen LogP) is 3.01. The van der Waals surface area contributed by atoms with Crippen LogP contribution in [0.3, 0.4) is 0 Å². The van der Waals surface area contributed by atoms with Gasteiger partial charge in [-0.05, 0) is 48.5 Å². The molecule has 0 aliphatic rings. The molecule has 114 valence electrons. The van der Waals surface area contributed by atoms with Crippen LogP contribution in [0.2, 0.25) is 0 Å². The lowest BCUT2D eigenvalue weighted by atomic mass is 10.1. The lowest BCUT2D eigenvalue weighted by Crippen LogP contribution is -2.08. The first-order valence-electron chi connectivity index (χ1n) is 6.99. The van der Waals surface area contributed by atoms with E-state index in [1.54, 1.807) is 16.8 Å². The van der Waals surface area contributed by atoms with Gasteiger partial charge >= 0.3 is 0 Å². The second kappa shape index (κ2) is 5.89. The lowest BCUT2D eigenvalue weighted by Gasteiger charge is -2.13. The third kappa shape index (κ3) is 2.77. The number of rotatable bonds is 3. The van der Waals surface area contributed by atoms with Crippen LogP contribution in [0, 0.1) is 17.1 Å². The molecule has 0 bridgehead atoms. The maximum atomic E-state index is 13.1. The number of halogens is 1. The van der Waals surface area contributed by atoms with Gasteiger partial charge in [-0.15, -0.1) is 5.10 Å². The fourth-order valence-corrected chi connectivity index (χ4v) is 2.30. The maximum absolute atomic E-state index is 13.1. The summed E-state index contributed by atoms with van der Waals surface area (Å²) in [7, 11) is 3.92. The van der Waals surface area contributed by atoms with Crippen LogP contribution in [-0.4, -0.2) is 29.1 Å². The number of aromatic nitrogens is 3. The molecule has 1 aromatic heterocycles. The van der Waals surface area contributed by atoms with Crippen molar-refractivity contribution in [2.45, 2.75) is 0 Å². The van der Waals surface area contributed by atoms with Crippen LogP contribution in [0.4, 0.5) is 10.1 Å². The van der Waals surface area contributed by atoms with E-state index >= 15 is 0 Å². The van der Waals surface area contributed by atoms with Crippen LogP contribution in [0.25, 0.3) is 16.9 Å².